The van der Waals surface area contributed by atoms with Crippen molar-refractivity contribution in [2.45, 2.75) is 71.0 Å². The van der Waals surface area contributed by atoms with Gasteiger partial charge in [0.25, 0.3) is 10.0 Å². The van der Waals surface area contributed by atoms with Crippen LogP contribution in [0, 0.1) is 6.92 Å². The van der Waals surface area contributed by atoms with Gasteiger partial charge in [0.05, 0.1) is 17.7 Å². The van der Waals surface area contributed by atoms with Crippen molar-refractivity contribution >= 4 is 27.5 Å². The van der Waals surface area contributed by atoms with E-state index in [1.54, 1.807) is 62.6 Å². The zero-order valence-electron chi connectivity index (χ0n) is 24.8. The Morgan fingerprint density at radius 3 is 2.15 bits per heavy atom. The summed E-state index contributed by atoms with van der Waals surface area (Å²) in [7, 11) is -2.54. The SMILES string of the molecule is CCc1ccccc1N(CC(=O)N(Cc1ccc(OC)cc1)[C@H](C)C(=O)N[C@@H](C)CC)S(=O)(=O)c1ccc(C)cc1. The summed E-state index contributed by atoms with van der Waals surface area (Å²) < 4.78 is 34.5. The Morgan fingerprint density at radius 1 is 0.927 bits per heavy atom. The lowest BCUT2D eigenvalue weighted by Gasteiger charge is -2.33. The number of ether oxygens (including phenoxy) is 1. The smallest absolute Gasteiger partial charge is 0.264 e. The average Bonchev–Trinajstić information content (AvgIpc) is 2.98. The van der Waals surface area contributed by atoms with Crippen LogP contribution in [-0.4, -0.2) is 50.9 Å². The zero-order valence-corrected chi connectivity index (χ0v) is 25.6. The molecule has 3 aromatic carbocycles. The maximum Gasteiger partial charge on any atom is 0.264 e. The molecule has 0 aliphatic rings. The van der Waals surface area contributed by atoms with E-state index < -0.39 is 28.5 Å². The maximum absolute atomic E-state index is 14.1. The normalized spacial score (nSPS) is 12.7. The molecular weight excluding hydrogens is 538 g/mol. The van der Waals surface area contributed by atoms with E-state index in [4.69, 9.17) is 4.74 Å². The third-order valence-corrected chi connectivity index (χ3v) is 8.98. The van der Waals surface area contributed by atoms with Crippen molar-refractivity contribution in [2.75, 3.05) is 18.0 Å². The molecule has 0 aliphatic carbocycles. The molecule has 0 saturated carbocycles. The van der Waals surface area contributed by atoms with Gasteiger partial charge >= 0.3 is 0 Å². The number of nitrogens with zero attached hydrogens (tertiary/aromatic N) is 2. The van der Waals surface area contributed by atoms with Gasteiger partial charge in [-0.25, -0.2) is 8.42 Å². The molecule has 0 radical (unpaired) electrons. The van der Waals surface area contributed by atoms with Gasteiger partial charge in [0.1, 0.15) is 18.3 Å². The third kappa shape index (κ3) is 7.88. The van der Waals surface area contributed by atoms with Crippen LogP contribution in [0.15, 0.2) is 77.7 Å². The molecule has 3 rings (SSSR count). The van der Waals surface area contributed by atoms with Crippen LogP contribution in [0.5, 0.6) is 5.75 Å². The van der Waals surface area contributed by atoms with Gasteiger partial charge in [0, 0.05) is 12.6 Å². The van der Waals surface area contributed by atoms with Gasteiger partial charge in [-0.2, -0.15) is 0 Å². The third-order valence-electron chi connectivity index (χ3n) is 7.21. The number of nitrogens with one attached hydrogen (secondary N) is 1. The Balaban J connectivity index is 2.05. The lowest BCUT2D eigenvalue weighted by molar-refractivity contribution is -0.139. The number of rotatable bonds is 13. The number of carbonyl (C=O) groups is 2. The first-order chi connectivity index (χ1) is 19.5. The molecular formula is C32H41N3O5S. The van der Waals surface area contributed by atoms with Crippen molar-refractivity contribution in [2.24, 2.45) is 0 Å². The number of hydrogen-bond acceptors (Lipinski definition) is 5. The monoisotopic (exact) mass is 579 g/mol. The Kier molecular flexibility index (Phi) is 10.9. The standard InChI is InChI=1S/C32H41N3O5S/c1-7-24(4)33-32(37)25(5)34(21-26-15-17-28(40-6)18-16-26)31(36)22-35(30-12-10-9-11-27(30)8-2)41(38,39)29-19-13-23(3)14-20-29/h9-20,24-25H,7-8,21-22H2,1-6H3,(H,33,37)/t24-,25+/m0/s1. The number of carbonyl (C=O) groups excluding carboxylic acids is 2. The molecule has 0 heterocycles. The topological polar surface area (TPSA) is 96.0 Å². The lowest BCUT2D eigenvalue weighted by Crippen LogP contribution is -2.52. The number of hydrogen-bond donors (Lipinski definition) is 1. The van der Waals surface area contributed by atoms with Gasteiger partial charge in [-0.3, -0.25) is 13.9 Å². The zero-order chi connectivity index (χ0) is 30.2. The summed E-state index contributed by atoms with van der Waals surface area (Å²) in [6.07, 6.45) is 1.31. The number of para-hydroxylation sites is 1. The molecule has 0 fully saturated rings. The molecule has 0 saturated heterocycles. The number of aryl methyl sites for hydroxylation is 2. The second kappa shape index (κ2) is 14.2. The predicted molar refractivity (Wildman–Crippen MR) is 162 cm³/mol. The molecule has 0 bridgehead atoms. The fraction of sp³-hybridized carbons (Fsp3) is 0.375. The number of sulfonamides is 1. The summed E-state index contributed by atoms with van der Waals surface area (Å²) in [6.45, 7) is 9.00. The average molecular weight is 580 g/mol. The van der Waals surface area contributed by atoms with Gasteiger partial charge in [-0.05, 0) is 75.1 Å². The highest BCUT2D eigenvalue weighted by molar-refractivity contribution is 7.92. The summed E-state index contributed by atoms with van der Waals surface area (Å²) in [4.78, 5) is 28.8. The van der Waals surface area contributed by atoms with Gasteiger partial charge in [-0.15, -0.1) is 0 Å². The molecule has 0 spiro atoms. The molecule has 0 unspecified atom stereocenters. The molecule has 0 aromatic heterocycles. The van der Waals surface area contributed by atoms with Crippen LogP contribution in [0.1, 0.15) is 50.8 Å². The number of anilines is 1. The van der Waals surface area contributed by atoms with Crippen molar-refractivity contribution in [1.29, 1.82) is 0 Å². The summed E-state index contributed by atoms with van der Waals surface area (Å²) >= 11 is 0. The summed E-state index contributed by atoms with van der Waals surface area (Å²) in [5, 5.41) is 2.95. The molecule has 2 atom stereocenters. The molecule has 0 aliphatic heterocycles. The van der Waals surface area contributed by atoms with E-state index in [2.05, 4.69) is 5.32 Å². The van der Waals surface area contributed by atoms with Gasteiger partial charge in [-0.1, -0.05) is 61.9 Å². The molecule has 9 heteroatoms. The van der Waals surface area contributed by atoms with Crippen LogP contribution in [0.4, 0.5) is 5.69 Å². The van der Waals surface area contributed by atoms with Crippen molar-refractivity contribution in [3.8, 4) is 5.75 Å². The van der Waals surface area contributed by atoms with Gasteiger partial charge in [0.15, 0.2) is 0 Å². The summed E-state index contributed by atoms with van der Waals surface area (Å²) in [6, 6.07) is 20.0. The Hall–Kier alpha value is -3.85. The van der Waals surface area contributed by atoms with Gasteiger partial charge in [0.2, 0.25) is 11.8 Å². The summed E-state index contributed by atoms with van der Waals surface area (Å²) in [5.41, 5.74) is 2.93. The van der Waals surface area contributed by atoms with Crippen LogP contribution in [0.3, 0.4) is 0 Å². The maximum atomic E-state index is 14.1. The minimum absolute atomic E-state index is 0.0715. The van der Waals surface area contributed by atoms with Crippen LogP contribution < -0.4 is 14.4 Å². The second-order valence-electron chi connectivity index (χ2n) is 10.2. The second-order valence-corrected chi connectivity index (χ2v) is 12.0. The van der Waals surface area contributed by atoms with E-state index >= 15 is 0 Å². The summed E-state index contributed by atoms with van der Waals surface area (Å²) in [5.74, 6) is -0.127. The van der Waals surface area contributed by atoms with Crippen molar-refractivity contribution in [3.05, 3.63) is 89.5 Å². The van der Waals surface area contributed by atoms with E-state index in [1.807, 2.05) is 52.0 Å². The van der Waals surface area contributed by atoms with Gasteiger partial charge < -0.3 is 15.0 Å². The van der Waals surface area contributed by atoms with Crippen LogP contribution in [0.25, 0.3) is 0 Å². The fourth-order valence-electron chi connectivity index (χ4n) is 4.38. The minimum Gasteiger partial charge on any atom is -0.497 e. The van der Waals surface area contributed by atoms with E-state index in [-0.39, 0.29) is 23.4 Å². The quantitative estimate of drug-likeness (QED) is 0.304. The Morgan fingerprint density at radius 2 is 1.56 bits per heavy atom. The molecule has 8 nitrogen and oxygen atoms in total. The predicted octanol–water partition coefficient (Wildman–Crippen LogP) is 5.09. The number of methoxy groups -OCH3 is 1. The van der Waals surface area contributed by atoms with E-state index in [0.29, 0.717) is 17.9 Å². The van der Waals surface area contributed by atoms with Crippen molar-refractivity contribution in [1.82, 2.24) is 10.2 Å². The molecule has 3 aromatic rings. The highest BCUT2D eigenvalue weighted by Gasteiger charge is 2.33. The van der Waals surface area contributed by atoms with Crippen molar-refractivity contribution in [3.63, 3.8) is 0 Å². The Bertz CT molecular complexity index is 1420. The highest BCUT2D eigenvalue weighted by atomic mass is 32.2. The van der Waals surface area contributed by atoms with Crippen LogP contribution in [-0.2, 0) is 32.6 Å². The molecule has 1 N–H and O–H groups in total. The van der Waals surface area contributed by atoms with Crippen LogP contribution in [0.2, 0.25) is 0 Å². The first-order valence-corrected chi connectivity index (χ1v) is 15.4. The van der Waals surface area contributed by atoms with Crippen LogP contribution >= 0.6 is 0 Å². The first kappa shape index (κ1) is 31.7. The first-order valence-electron chi connectivity index (χ1n) is 13.9. The highest BCUT2D eigenvalue weighted by Crippen LogP contribution is 2.28. The Labute approximate surface area is 244 Å². The van der Waals surface area contributed by atoms with E-state index in [0.717, 1.165) is 23.1 Å². The molecule has 2 amide bonds. The minimum atomic E-state index is -4.11. The molecule has 220 valence electrons. The largest absolute Gasteiger partial charge is 0.497 e. The molecule has 41 heavy (non-hydrogen) atoms. The van der Waals surface area contributed by atoms with E-state index in [9.17, 15) is 18.0 Å². The fourth-order valence-corrected chi connectivity index (χ4v) is 5.83. The number of amides is 2. The lowest BCUT2D eigenvalue weighted by atomic mass is 10.1. The number of benzene rings is 3. The van der Waals surface area contributed by atoms with Crippen molar-refractivity contribution < 1.29 is 22.7 Å². The van der Waals surface area contributed by atoms with E-state index in [1.165, 1.54) is 9.21 Å².